The van der Waals surface area contributed by atoms with Gasteiger partial charge < -0.3 is 16.0 Å². The van der Waals surface area contributed by atoms with Gasteiger partial charge in [0.1, 0.15) is 0 Å². The first-order valence-electron chi connectivity index (χ1n) is 10.1. The van der Waals surface area contributed by atoms with Crippen LogP contribution >= 0.6 is 0 Å². The van der Waals surface area contributed by atoms with Crippen molar-refractivity contribution in [1.82, 2.24) is 5.32 Å². The lowest BCUT2D eigenvalue weighted by Gasteiger charge is -2.15. The Morgan fingerprint density at radius 2 is 1.61 bits per heavy atom. The van der Waals surface area contributed by atoms with E-state index in [2.05, 4.69) is 28.1 Å². The van der Waals surface area contributed by atoms with Gasteiger partial charge in [0.05, 0.1) is 11.6 Å². The van der Waals surface area contributed by atoms with Gasteiger partial charge in [-0.2, -0.15) is 5.26 Å². The summed E-state index contributed by atoms with van der Waals surface area (Å²) in [6, 6.07) is 25.2. The van der Waals surface area contributed by atoms with Crippen LogP contribution in [0.4, 0.5) is 16.2 Å². The summed E-state index contributed by atoms with van der Waals surface area (Å²) >= 11 is 0. The number of hydrogen-bond donors (Lipinski definition) is 3. The molecule has 6 nitrogen and oxygen atoms in total. The Morgan fingerprint density at radius 3 is 2.35 bits per heavy atom. The van der Waals surface area contributed by atoms with Crippen molar-refractivity contribution in [2.45, 2.75) is 25.8 Å². The molecule has 3 aromatic carbocycles. The fraction of sp³-hybridized carbons (Fsp3) is 0.160. The Hall–Kier alpha value is -4.11. The van der Waals surface area contributed by atoms with Gasteiger partial charge in [0.15, 0.2) is 0 Å². The standard InChI is InChI=1S/C25H24N4O2/c1-18(13-14-19-7-3-2-4-8-19)27-25(31)29-23-12-6-10-21(16-23)24(30)28-22-11-5-9-20(15-22)17-26/h2-12,15-16,18H,13-14H2,1H3,(H,28,30)(H2,27,29,31). The van der Waals surface area contributed by atoms with Crippen LogP contribution in [0, 0.1) is 11.3 Å². The van der Waals surface area contributed by atoms with Crippen LogP contribution in [-0.2, 0) is 6.42 Å². The van der Waals surface area contributed by atoms with Gasteiger partial charge in [0, 0.05) is 23.0 Å². The lowest BCUT2D eigenvalue weighted by atomic mass is 10.1. The van der Waals surface area contributed by atoms with Gasteiger partial charge in [-0.05, 0) is 61.7 Å². The van der Waals surface area contributed by atoms with Crippen molar-refractivity contribution >= 4 is 23.3 Å². The minimum absolute atomic E-state index is 0.000835. The Balaban J connectivity index is 1.53. The van der Waals surface area contributed by atoms with Crippen LogP contribution in [0.1, 0.15) is 34.8 Å². The van der Waals surface area contributed by atoms with E-state index < -0.39 is 0 Å². The number of carbonyl (C=O) groups excluding carboxylic acids is 2. The summed E-state index contributed by atoms with van der Waals surface area (Å²) in [5.41, 5.74) is 3.15. The van der Waals surface area contributed by atoms with Crippen molar-refractivity contribution in [2.75, 3.05) is 10.6 Å². The number of anilines is 2. The molecule has 0 spiro atoms. The molecular formula is C25H24N4O2. The molecule has 3 amide bonds. The number of hydrogen-bond acceptors (Lipinski definition) is 3. The number of amides is 3. The van der Waals surface area contributed by atoms with Gasteiger partial charge >= 0.3 is 6.03 Å². The van der Waals surface area contributed by atoms with E-state index in [4.69, 9.17) is 5.26 Å². The van der Waals surface area contributed by atoms with E-state index in [0.29, 0.717) is 22.5 Å². The molecule has 3 N–H and O–H groups in total. The van der Waals surface area contributed by atoms with E-state index >= 15 is 0 Å². The number of aryl methyl sites for hydroxylation is 1. The number of nitrogens with one attached hydrogen (secondary N) is 3. The molecule has 0 heterocycles. The smallest absolute Gasteiger partial charge is 0.319 e. The van der Waals surface area contributed by atoms with Crippen LogP contribution in [0.5, 0.6) is 0 Å². The topological polar surface area (TPSA) is 94.0 Å². The predicted molar refractivity (Wildman–Crippen MR) is 122 cm³/mol. The summed E-state index contributed by atoms with van der Waals surface area (Å²) in [7, 11) is 0. The molecule has 31 heavy (non-hydrogen) atoms. The first-order chi connectivity index (χ1) is 15.0. The quantitative estimate of drug-likeness (QED) is 0.512. The van der Waals surface area contributed by atoms with E-state index in [1.54, 1.807) is 48.5 Å². The first-order valence-corrected chi connectivity index (χ1v) is 10.1. The Kier molecular flexibility index (Phi) is 7.39. The summed E-state index contributed by atoms with van der Waals surface area (Å²) in [6.07, 6.45) is 1.70. The van der Waals surface area contributed by atoms with Crippen LogP contribution in [0.15, 0.2) is 78.9 Å². The molecule has 0 aliphatic rings. The molecule has 0 saturated heterocycles. The highest BCUT2D eigenvalue weighted by molar-refractivity contribution is 6.05. The Bertz CT molecular complexity index is 1090. The second kappa shape index (κ2) is 10.6. The second-order valence-electron chi connectivity index (χ2n) is 7.25. The van der Waals surface area contributed by atoms with Crippen LogP contribution < -0.4 is 16.0 Å². The van der Waals surface area contributed by atoms with Gasteiger partial charge in [-0.1, -0.05) is 42.5 Å². The molecular weight excluding hydrogens is 388 g/mol. The van der Waals surface area contributed by atoms with Crippen molar-refractivity contribution in [3.8, 4) is 6.07 Å². The minimum Gasteiger partial charge on any atom is -0.335 e. The fourth-order valence-electron chi connectivity index (χ4n) is 3.10. The monoisotopic (exact) mass is 412 g/mol. The highest BCUT2D eigenvalue weighted by atomic mass is 16.2. The van der Waals surface area contributed by atoms with E-state index in [1.807, 2.05) is 31.2 Å². The molecule has 0 radical (unpaired) electrons. The number of benzene rings is 3. The van der Waals surface area contributed by atoms with Gasteiger partial charge in [0.2, 0.25) is 0 Å². The third-order valence-electron chi connectivity index (χ3n) is 4.72. The van der Waals surface area contributed by atoms with Crippen LogP contribution in [0.3, 0.4) is 0 Å². The molecule has 3 aromatic rings. The summed E-state index contributed by atoms with van der Waals surface area (Å²) in [6.45, 7) is 1.96. The molecule has 0 fully saturated rings. The molecule has 1 atom stereocenters. The highest BCUT2D eigenvalue weighted by Gasteiger charge is 2.11. The maximum absolute atomic E-state index is 12.5. The number of urea groups is 1. The average molecular weight is 412 g/mol. The van der Waals surface area contributed by atoms with Crippen LogP contribution in [0.25, 0.3) is 0 Å². The molecule has 0 aliphatic heterocycles. The van der Waals surface area contributed by atoms with Crippen LogP contribution in [0.2, 0.25) is 0 Å². The average Bonchev–Trinajstić information content (AvgIpc) is 2.78. The van der Waals surface area contributed by atoms with Gasteiger partial charge in [-0.3, -0.25) is 4.79 Å². The maximum atomic E-state index is 12.5. The SMILES string of the molecule is CC(CCc1ccccc1)NC(=O)Nc1cccc(C(=O)Nc2cccc(C#N)c2)c1. The highest BCUT2D eigenvalue weighted by Crippen LogP contribution is 2.15. The molecule has 0 aromatic heterocycles. The van der Waals surface area contributed by atoms with E-state index in [9.17, 15) is 9.59 Å². The normalized spacial score (nSPS) is 11.1. The zero-order valence-electron chi connectivity index (χ0n) is 17.3. The lowest BCUT2D eigenvalue weighted by Crippen LogP contribution is -2.36. The predicted octanol–water partition coefficient (Wildman–Crippen LogP) is 4.95. The zero-order valence-corrected chi connectivity index (χ0v) is 17.3. The molecule has 0 saturated carbocycles. The largest absolute Gasteiger partial charge is 0.335 e. The summed E-state index contributed by atoms with van der Waals surface area (Å²) in [5.74, 6) is -0.324. The zero-order chi connectivity index (χ0) is 22.1. The summed E-state index contributed by atoms with van der Waals surface area (Å²) < 4.78 is 0. The molecule has 1 unspecified atom stereocenters. The van der Waals surface area contributed by atoms with Gasteiger partial charge in [-0.15, -0.1) is 0 Å². The van der Waals surface area contributed by atoms with Crippen molar-refractivity contribution in [3.63, 3.8) is 0 Å². The minimum atomic E-state index is -0.324. The second-order valence-corrected chi connectivity index (χ2v) is 7.25. The lowest BCUT2D eigenvalue weighted by molar-refractivity contribution is 0.102. The number of carbonyl (C=O) groups is 2. The Labute approximate surface area is 181 Å². The Morgan fingerprint density at radius 1 is 0.903 bits per heavy atom. The summed E-state index contributed by atoms with van der Waals surface area (Å²) in [4.78, 5) is 24.9. The number of nitriles is 1. The van der Waals surface area contributed by atoms with Crippen LogP contribution in [-0.4, -0.2) is 18.0 Å². The van der Waals surface area contributed by atoms with Crippen molar-refractivity contribution in [1.29, 1.82) is 5.26 Å². The van der Waals surface area contributed by atoms with E-state index in [1.165, 1.54) is 5.56 Å². The number of nitrogens with zero attached hydrogens (tertiary/aromatic N) is 1. The third-order valence-corrected chi connectivity index (χ3v) is 4.72. The molecule has 6 heteroatoms. The number of rotatable bonds is 7. The van der Waals surface area contributed by atoms with Crippen molar-refractivity contribution < 1.29 is 9.59 Å². The molecule has 0 aliphatic carbocycles. The van der Waals surface area contributed by atoms with Gasteiger partial charge in [-0.25, -0.2) is 4.79 Å². The van der Waals surface area contributed by atoms with Crippen molar-refractivity contribution in [2.24, 2.45) is 0 Å². The maximum Gasteiger partial charge on any atom is 0.319 e. The third kappa shape index (κ3) is 6.72. The fourth-order valence-corrected chi connectivity index (χ4v) is 3.10. The van der Waals surface area contributed by atoms with Crippen molar-refractivity contribution in [3.05, 3.63) is 95.6 Å². The molecule has 3 rings (SSSR count). The first kappa shape index (κ1) is 21.6. The van der Waals surface area contributed by atoms with E-state index in [-0.39, 0.29) is 18.0 Å². The van der Waals surface area contributed by atoms with Gasteiger partial charge in [0.25, 0.3) is 5.91 Å². The molecule has 156 valence electrons. The van der Waals surface area contributed by atoms with E-state index in [0.717, 1.165) is 12.8 Å². The summed E-state index contributed by atoms with van der Waals surface area (Å²) in [5, 5.41) is 17.4. The molecule has 0 bridgehead atoms.